The van der Waals surface area contributed by atoms with Crippen LogP contribution in [0.5, 0.6) is 11.5 Å². The number of rotatable bonds is 8. The summed E-state index contributed by atoms with van der Waals surface area (Å²) in [4.78, 5) is 14.9. The van der Waals surface area contributed by atoms with Gasteiger partial charge in [0.1, 0.15) is 5.82 Å². The number of amides is 1. The fourth-order valence-electron chi connectivity index (χ4n) is 4.26. The van der Waals surface area contributed by atoms with Crippen LogP contribution in [0.2, 0.25) is 0 Å². The van der Waals surface area contributed by atoms with E-state index in [2.05, 4.69) is 17.1 Å². The SMILES string of the molecule is CC[C@H](NC(=O)C(C)C)[C@H]1c2cc(OC)c(OC)cc2CCN1Cc1ccc(F)cc1. The molecule has 2 aromatic rings. The molecule has 2 atom stereocenters. The van der Waals surface area contributed by atoms with E-state index in [0.717, 1.165) is 30.5 Å². The van der Waals surface area contributed by atoms with Crippen molar-refractivity contribution in [2.45, 2.75) is 52.2 Å². The maximum Gasteiger partial charge on any atom is 0.222 e. The fourth-order valence-corrected chi connectivity index (χ4v) is 4.26. The molecule has 0 fully saturated rings. The summed E-state index contributed by atoms with van der Waals surface area (Å²) in [5, 5.41) is 3.26. The molecule has 3 rings (SSSR count). The number of methoxy groups -OCH3 is 2. The van der Waals surface area contributed by atoms with Gasteiger partial charge in [0, 0.05) is 25.0 Å². The standard InChI is InChI=1S/C25H33FN2O3/c1-6-21(27-25(29)16(2)3)24-20-14-23(31-5)22(30-4)13-18(20)11-12-28(24)15-17-7-9-19(26)10-8-17/h7-10,13-14,16,21,24H,6,11-12,15H2,1-5H3,(H,27,29)/t21-,24+/m0/s1. The Kier molecular flexibility index (Phi) is 7.55. The Morgan fingerprint density at radius 1 is 1.16 bits per heavy atom. The second-order valence-electron chi connectivity index (χ2n) is 8.38. The quantitative estimate of drug-likeness (QED) is 0.673. The topological polar surface area (TPSA) is 50.8 Å². The molecule has 1 N–H and O–H groups in total. The molecule has 31 heavy (non-hydrogen) atoms. The van der Waals surface area contributed by atoms with E-state index in [0.29, 0.717) is 18.0 Å². The van der Waals surface area contributed by atoms with Crippen molar-refractivity contribution < 1.29 is 18.7 Å². The van der Waals surface area contributed by atoms with Crippen LogP contribution in [0.4, 0.5) is 4.39 Å². The summed E-state index contributed by atoms with van der Waals surface area (Å²) in [5.41, 5.74) is 3.39. The third kappa shape index (κ3) is 5.18. The molecule has 1 aliphatic heterocycles. The van der Waals surface area contributed by atoms with Gasteiger partial charge < -0.3 is 14.8 Å². The highest BCUT2D eigenvalue weighted by molar-refractivity contribution is 5.78. The van der Waals surface area contributed by atoms with Crippen molar-refractivity contribution in [2.24, 2.45) is 5.92 Å². The van der Waals surface area contributed by atoms with Crippen LogP contribution in [0.1, 0.15) is 49.9 Å². The number of benzene rings is 2. The Bertz CT molecular complexity index is 898. The highest BCUT2D eigenvalue weighted by Gasteiger charge is 2.35. The molecule has 0 aromatic heterocycles. The van der Waals surface area contributed by atoms with Gasteiger partial charge in [-0.3, -0.25) is 9.69 Å². The summed E-state index contributed by atoms with van der Waals surface area (Å²) in [7, 11) is 3.28. The first-order valence-electron chi connectivity index (χ1n) is 10.9. The molecule has 6 heteroatoms. The van der Waals surface area contributed by atoms with Crippen LogP contribution >= 0.6 is 0 Å². The summed E-state index contributed by atoms with van der Waals surface area (Å²) >= 11 is 0. The van der Waals surface area contributed by atoms with Crippen LogP contribution in [-0.4, -0.2) is 37.6 Å². The van der Waals surface area contributed by atoms with E-state index in [1.54, 1.807) is 14.2 Å². The highest BCUT2D eigenvalue weighted by Crippen LogP contribution is 2.40. The van der Waals surface area contributed by atoms with Crippen LogP contribution in [0.15, 0.2) is 36.4 Å². The van der Waals surface area contributed by atoms with Crippen LogP contribution in [0.3, 0.4) is 0 Å². The lowest BCUT2D eigenvalue weighted by Crippen LogP contribution is -2.49. The predicted molar refractivity (Wildman–Crippen MR) is 120 cm³/mol. The number of nitrogens with one attached hydrogen (secondary N) is 1. The van der Waals surface area contributed by atoms with Gasteiger partial charge in [0.05, 0.1) is 20.3 Å². The number of hydrogen-bond donors (Lipinski definition) is 1. The number of fused-ring (bicyclic) bond motifs is 1. The van der Waals surface area contributed by atoms with Crippen LogP contribution in [0, 0.1) is 11.7 Å². The average molecular weight is 429 g/mol. The van der Waals surface area contributed by atoms with Gasteiger partial charge >= 0.3 is 0 Å². The van der Waals surface area contributed by atoms with Gasteiger partial charge in [0.2, 0.25) is 5.91 Å². The van der Waals surface area contributed by atoms with Gasteiger partial charge in [-0.05, 0) is 53.8 Å². The van der Waals surface area contributed by atoms with E-state index in [9.17, 15) is 9.18 Å². The van der Waals surface area contributed by atoms with Crippen molar-refractivity contribution in [3.8, 4) is 11.5 Å². The van der Waals surface area contributed by atoms with Gasteiger partial charge in [-0.1, -0.05) is 32.9 Å². The van der Waals surface area contributed by atoms with Crippen LogP contribution < -0.4 is 14.8 Å². The first-order chi connectivity index (χ1) is 14.9. The first-order valence-corrected chi connectivity index (χ1v) is 10.9. The number of carbonyl (C=O) groups excluding carboxylic acids is 1. The maximum atomic E-state index is 13.4. The molecule has 0 spiro atoms. The number of nitrogens with zero attached hydrogens (tertiary/aromatic N) is 1. The number of halogens is 1. The van der Waals surface area contributed by atoms with E-state index in [1.165, 1.54) is 17.7 Å². The molecule has 168 valence electrons. The molecule has 0 radical (unpaired) electrons. The monoisotopic (exact) mass is 428 g/mol. The molecule has 0 saturated heterocycles. The maximum absolute atomic E-state index is 13.4. The lowest BCUT2D eigenvalue weighted by Gasteiger charge is -2.42. The molecule has 0 unspecified atom stereocenters. The number of ether oxygens (including phenoxy) is 2. The molecule has 1 heterocycles. The van der Waals surface area contributed by atoms with Gasteiger partial charge in [-0.2, -0.15) is 0 Å². The zero-order valence-electron chi connectivity index (χ0n) is 19.1. The third-order valence-corrected chi connectivity index (χ3v) is 6.00. The van der Waals surface area contributed by atoms with Gasteiger partial charge in [0.25, 0.3) is 0 Å². The molecule has 1 amide bonds. The van der Waals surface area contributed by atoms with Crippen molar-refractivity contribution in [3.05, 3.63) is 58.9 Å². The summed E-state index contributed by atoms with van der Waals surface area (Å²) in [6.07, 6.45) is 1.65. The van der Waals surface area contributed by atoms with Gasteiger partial charge in [-0.15, -0.1) is 0 Å². The summed E-state index contributed by atoms with van der Waals surface area (Å²) in [6, 6.07) is 10.6. The number of carbonyl (C=O) groups is 1. The van der Waals surface area contributed by atoms with Crippen molar-refractivity contribution in [3.63, 3.8) is 0 Å². The van der Waals surface area contributed by atoms with E-state index >= 15 is 0 Å². The normalized spacial score (nSPS) is 17.2. The molecule has 0 bridgehead atoms. The Hall–Kier alpha value is -2.60. The summed E-state index contributed by atoms with van der Waals surface area (Å²) in [6.45, 7) is 7.41. The molecule has 1 aliphatic rings. The molecule has 5 nitrogen and oxygen atoms in total. The van der Waals surface area contributed by atoms with Gasteiger partial charge in [0.15, 0.2) is 11.5 Å². The summed E-state index contributed by atoms with van der Waals surface area (Å²) in [5.74, 6) is 1.11. The van der Waals surface area contributed by atoms with Crippen molar-refractivity contribution >= 4 is 5.91 Å². The molecule has 2 aromatic carbocycles. The minimum absolute atomic E-state index is 0.0266. The predicted octanol–water partition coefficient (Wildman–Crippen LogP) is 4.49. The second kappa shape index (κ2) is 10.1. The second-order valence-corrected chi connectivity index (χ2v) is 8.38. The van der Waals surface area contributed by atoms with Crippen LogP contribution in [0.25, 0.3) is 0 Å². The molecular formula is C25H33FN2O3. The largest absolute Gasteiger partial charge is 0.493 e. The minimum atomic E-state index is -0.239. The Labute approximate surface area is 184 Å². The van der Waals surface area contributed by atoms with E-state index in [4.69, 9.17) is 9.47 Å². The fraction of sp³-hybridized carbons (Fsp3) is 0.480. The number of hydrogen-bond acceptors (Lipinski definition) is 4. The van der Waals surface area contributed by atoms with Crippen LogP contribution in [-0.2, 0) is 17.8 Å². The van der Waals surface area contributed by atoms with E-state index in [-0.39, 0.29) is 29.7 Å². The Balaban J connectivity index is 2.02. The van der Waals surface area contributed by atoms with Crippen molar-refractivity contribution in [1.29, 1.82) is 0 Å². The zero-order chi connectivity index (χ0) is 22.5. The zero-order valence-corrected chi connectivity index (χ0v) is 19.1. The van der Waals surface area contributed by atoms with E-state index in [1.807, 2.05) is 38.1 Å². The lowest BCUT2D eigenvalue weighted by molar-refractivity contribution is -0.125. The molecule has 0 aliphatic carbocycles. The Morgan fingerprint density at radius 2 is 1.81 bits per heavy atom. The lowest BCUT2D eigenvalue weighted by atomic mass is 9.86. The molecule has 0 saturated carbocycles. The molecular weight excluding hydrogens is 395 g/mol. The third-order valence-electron chi connectivity index (χ3n) is 6.00. The first kappa shape index (κ1) is 23.1. The van der Waals surface area contributed by atoms with E-state index < -0.39 is 0 Å². The Morgan fingerprint density at radius 3 is 2.39 bits per heavy atom. The smallest absolute Gasteiger partial charge is 0.222 e. The minimum Gasteiger partial charge on any atom is -0.493 e. The summed E-state index contributed by atoms with van der Waals surface area (Å²) < 4.78 is 24.5. The highest BCUT2D eigenvalue weighted by atomic mass is 19.1. The van der Waals surface area contributed by atoms with Crippen molar-refractivity contribution in [1.82, 2.24) is 10.2 Å². The van der Waals surface area contributed by atoms with Gasteiger partial charge in [-0.25, -0.2) is 4.39 Å². The van der Waals surface area contributed by atoms with Crippen molar-refractivity contribution in [2.75, 3.05) is 20.8 Å². The average Bonchev–Trinajstić information content (AvgIpc) is 2.77.